The molecule has 90 heavy (non-hydrogen) atoms. The first kappa shape index (κ1) is 67.6. The van der Waals surface area contributed by atoms with E-state index in [0.717, 1.165) is 21.8 Å². The SMILES string of the molecule is CC[C@H](C)[C@H](NC(=O)[C@H](CC(=O)O)NC(=O)[C@H](CC(C)C)NC(=O)[C@@H](Cc1c[nH]c2ccccc12)NC(=O)[C@@H](Cc1c[nH]c2ccccc12)NC(=O)[C@H](Cc1ccc(F)cc1)NC(C)=O)C(=O)N[C@H](C(=O)N[C@@H](Cc1c[nH]c2ccccc12)C(=O)O)[C@@H](C)CC. The molecule has 0 fully saturated rings. The Kier molecular flexibility index (Phi) is 23.6. The number of benzene rings is 4. The molecule has 478 valence electrons. The van der Waals surface area contributed by atoms with Crippen LogP contribution in [0.25, 0.3) is 32.7 Å². The van der Waals surface area contributed by atoms with Crippen LogP contribution in [-0.2, 0) is 73.6 Å². The summed E-state index contributed by atoms with van der Waals surface area (Å²) in [6, 6.07) is 15.6. The van der Waals surface area contributed by atoms with Crippen LogP contribution in [-0.4, -0.2) is 133 Å². The molecular weight excluding hydrogens is 1160 g/mol. The van der Waals surface area contributed by atoms with E-state index in [1.54, 1.807) is 78.3 Å². The molecule has 24 heteroatoms. The molecule has 0 bridgehead atoms. The van der Waals surface area contributed by atoms with Gasteiger partial charge in [-0.3, -0.25) is 43.2 Å². The van der Waals surface area contributed by atoms with Crippen LogP contribution in [0.3, 0.4) is 0 Å². The fourth-order valence-corrected chi connectivity index (χ4v) is 10.8. The Morgan fingerprint density at radius 3 is 1.20 bits per heavy atom. The van der Waals surface area contributed by atoms with E-state index in [2.05, 4.69) is 57.5 Å². The second-order valence-corrected chi connectivity index (χ2v) is 23.4. The van der Waals surface area contributed by atoms with Crippen molar-refractivity contribution in [2.45, 2.75) is 148 Å². The molecule has 13 N–H and O–H groups in total. The zero-order valence-corrected chi connectivity index (χ0v) is 51.3. The Morgan fingerprint density at radius 2 is 0.789 bits per heavy atom. The predicted molar refractivity (Wildman–Crippen MR) is 335 cm³/mol. The first-order chi connectivity index (χ1) is 42.9. The van der Waals surface area contributed by atoms with Crippen LogP contribution in [0.15, 0.2) is 116 Å². The third kappa shape index (κ3) is 18.1. The Hall–Kier alpha value is -9.87. The molecule has 7 rings (SSSR count). The monoisotopic (exact) mass is 1240 g/mol. The first-order valence-electron chi connectivity index (χ1n) is 30.2. The smallest absolute Gasteiger partial charge is 0.326 e. The van der Waals surface area contributed by atoms with E-state index in [-0.39, 0.29) is 38.0 Å². The van der Waals surface area contributed by atoms with E-state index in [1.165, 1.54) is 31.2 Å². The molecule has 0 unspecified atom stereocenters. The van der Waals surface area contributed by atoms with Crippen molar-refractivity contribution in [3.05, 3.63) is 144 Å². The quantitative estimate of drug-likeness (QED) is 0.0261. The number of para-hydroxylation sites is 3. The Morgan fingerprint density at radius 1 is 0.433 bits per heavy atom. The van der Waals surface area contributed by atoms with Gasteiger partial charge in [-0.05, 0) is 76.8 Å². The summed E-state index contributed by atoms with van der Waals surface area (Å²) in [6.45, 7) is 11.6. The summed E-state index contributed by atoms with van der Waals surface area (Å²) in [5, 5.41) is 44.0. The molecule has 0 saturated carbocycles. The second-order valence-electron chi connectivity index (χ2n) is 23.4. The fraction of sp³-hybridized carbons (Fsp3) is 0.394. The number of hydrogen-bond donors (Lipinski definition) is 13. The van der Waals surface area contributed by atoms with Gasteiger partial charge in [0.15, 0.2) is 0 Å². The van der Waals surface area contributed by atoms with Crippen molar-refractivity contribution in [1.82, 2.24) is 57.5 Å². The molecule has 0 saturated heterocycles. The minimum Gasteiger partial charge on any atom is -0.481 e. The molecule has 7 aromatic rings. The van der Waals surface area contributed by atoms with E-state index in [0.29, 0.717) is 46.0 Å². The molecular formula is C66H80FN11O12. The van der Waals surface area contributed by atoms with E-state index in [4.69, 9.17) is 0 Å². The minimum atomic E-state index is -1.84. The summed E-state index contributed by atoms with van der Waals surface area (Å²) >= 11 is 0. The molecule has 0 aliphatic heterocycles. The fourth-order valence-electron chi connectivity index (χ4n) is 10.8. The number of carbonyl (C=O) groups excluding carboxylic acids is 8. The normalized spacial score (nSPS) is 14.8. The highest BCUT2D eigenvalue weighted by atomic mass is 19.1. The van der Waals surface area contributed by atoms with Gasteiger partial charge in [0.05, 0.1) is 6.42 Å². The number of rotatable bonds is 32. The van der Waals surface area contributed by atoms with Gasteiger partial charge < -0.3 is 67.7 Å². The Bertz CT molecular complexity index is 3710. The number of aliphatic carboxylic acids is 2. The van der Waals surface area contributed by atoms with E-state index in [1.807, 2.05) is 54.6 Å². The van der Waals surface area contributed by atoms with Gasteiger partial charge in [0.1, 0.15) is 54.2 Å². The highest BCUT2D eigenvalue weighted by molar-refractivity contribution is 6.00. The van der Waals surface area contributed by atoms with Crippen molar-refractivity contribution in [2.24, 2.45) is 17.8 Å². The Labute approximate surface area is 519 Å². The number of aromatic nitrogens is 3. The lowest BCUT2D eigenvalue weighted by atomic mass is 9.94. The van der Waals surface area contributed by atoms with Crippen molar-refractivity contribution < 1.29 is 62.5 Å². The topological polar surface area (TPSA) is 355 Å². The number of carbonyl (C=O) groups is 10. The number of halogens is 1. The maximum atomic E-state index is 15.0. The predicted octanol–water partition coefficient (Wildman–Crippen LogP) is 5.14. The lowest BCUT2D eigenvalue weighted by Gasteiger charge is -2.31. The summed E-state index contributed by atoms with van der Waals surface area (Å²) in [6.07, 6.45) is 4.18. The number of nitrogens with one attached hydrogen (secondary N) is 11. The molecule has 3 aromatic heterocycles. The number of hydrogen-bond acceptors (Lipinski definition) is 10. The number of carboxylic acid groups (broad SMARTS) is 2. The molecule has 0 radical (unpaired) electrons. The molecule has 0 spiro atoms. The molecule has 23 nitrogen and oxygen atoms in total. The highest BCUT2D eigenvalue weighted by Crippen LogP contribution is 2.24. The lowest BCUT2D eigenvalue weighted by molar-refractivity contribution is -0.142. The second kappa shape index (κ2) is 31.3. The van der Waals surface area contributed by atoms with Crippen LogP contribution < -0.4 is 42.5 Å². The molecule has 3 heterocycles. The zero-order valence-electron chi connectivity index (χ0n) is 51.3. The minimum absolute atomic E-state index is 0.0634. The highest BCUT2D eigenvalue weighted by Gasteiger charge is 2.38. The van der Waals surface area contributed by atoms with Gasteiger partial charge in [-0.2, -0.15) is 0 Å². The Balaban J connectivity index is 1.12. The van der Waals surface area contributed by atoms with Crippen LogP contribution in [0.5, 0.6) is 0 Å². The van der Waals surface area contributed by atoms with Crippen molar-refractivity contribution in [1.29, 1.82) is 0 Å². The van der Waals surface area contributed by atoms with Crippen molar-refractivity contribution in [2.75, 3.05) is 0 Å². The van der Waals surface area contributed by atoms with Crippen LogP contribution >= 0.6 is 0 Å². The van der Waals surface area contributed by atoms with Gasteiger partial charge in [0.2, 0.25) is 47.3 Å². The summed E-state index contributed by atoms with van der Waals surface area (Å²) in [7, 11) is 0. The van der Waals surface area contributed by atoms with E-state index < -0.39 is 132 Å². The third-order valence-electron chi connectivity index (χ3n) is 16.2. The van der Waals surface area contributed by atoms with Crippen molar-refractivity contribution in [3.63, 3.8) is 0 Å². The van der Waals surface area contributed by atoms with Gasteiger partial charge >= 0.3 is 11.9 Å². The van der Waals surface area contributed by atoms with Gasteiger partial charge in [-0.25, -0.2) is 9.18 Å². The number of carboxylic acids is 2. The van der Waals surface area contributed by atoms with Crippen molar-refractivity contribution in [3.8, 4) is 0 Å². The lowest BCUT2D eigenvalue weighted by Crippen LogP contribution is -2.62. The molecule has 4 aromatic carbocycles. The molecule has 8 amide bonds. The summed E-state index contributed by atoms with van der Waals surface area (Å²) in [5.74, 6) is -11.6. The zero-order chi connectivity index (χ0) is 65.3. The summed E-state index contributed by atoms with van der Waals surface area (Å²) in [4.78, 5) is 149. The largest absolute Gasteiger partial charge is 0.481 e. The molecule has 0 aliphatic carbocycles. The molecule has 10 atom stereocenters. The van der Waals surface area contributed by atoms with E-state index >= 15 is 9.59 Å². The number of H-pyrrole nitrogens is 3. The van der Waals surface area contributed by atoms with Crippen molar-refractivity contribution >= 4 is 91.9 Å². The first-order valence-corrected chi connectivity index (χ1v) is 30.2. The van der Waals surface area contributed by atoms with Gasteiger partial charge in [-0.15, -0.1) is 0 Å². The molecule has 0 aliphatic rings. The van der Waals surface area contributed by atoms with Crippen LogP contribution in [0.2, 0.25) is 0 Å². The maximum Gasteiger partial charge on any atom is 0.326 e. The summed E-state index contributed by atoms with van der Waals surface area (Å²) in [5.41, 5.74) is 4.57. The average Bonchev–Trinajstić information content (AvgIpc) is 2.08. The number of fused-ring (bicyclic) bond motifs is 3. The summed E-state index contributed by atoms with van der Waals surface area (Å²) < 4.78 is 13.9. The standard InChI is InChI=1S/C66H80FN11O12/c1-8-36(5)57(64(87)76-55(66(89)90)30-42-34-70-49-21-15-12-18-46(42)49)78-65(88)58(37(6)9-2)77-63(86)54(31-56(80)81)75-59(82)50(26-35(3)4)72-61(84)52(28-40-32-68-47-19-13-10-16-44(40)47)74-62(85)53(29-41-33-69-48-20-14-11-17-45(41)48)73-60(83)51(71-38(7)79)27-39-22-24-43(67)25-23-39/h10-25,32-37,50-55,57-58,68-70H,8-9,26-31H2,1-7H3,(H,71,79)(H,72,84)(H,73,83)(H,74,85)(H,75,82)(H,76,87)(H,77,86)(H,78,88)(H,80,81)(H,89,90)/t36-,37-,50-,51-,52+,53+,54-,55-,57-,58-/m0/s1. The van der Waals surface area contributed by atoms with Gasteiger partial charge in [-0.1, -0.05) is 121 Å². The van der Waals surface area contributed by atoms with Crippen LogP contribution in [0, 0.1) is 23.6 Å². The average molecular weight is 1240 g/mol. The number of aromatic amines is 3. The van der Waals surface area contributed by atoms with Crippen LogP contribution in [0.1, 0.15) is 96.4 Å². The van der Waals surface area contributed by atoms with E-state index in [9.17, 15) is 53.0 Å². The maximum absolute atomic E-state index is 15.0. The van der Waals surface area contributed by atoms with Gasteiger partial charge in [0, 0.05) is 83.9 Å². The van der Waals surface area contributed by atoms with Gasteiger partial charge in [0.25, 0.3) is 0 Å². The third-order valence-corrected chi connectivity index (χ3v) is 16.2. The number of amides is 8. The van der Waals surface area contributed by atoms with Crippen LogP contribution in [0.4, 0.5) is 4.39 Å².